The van der Waals surface area contributed by atoms with Gasteiger partial charge in [0.2, 0.25) is 0 Å². The molecule has 0 radical (unpaired) electrons. The molecule has 4 heteroatoms. The topological polar surface area (TPSA) is 50.2 Å². The fraction of sp³-hybridized carbons (Fsp3) is 0.143. The summed E-state index contributed by atoms with van der Waals surface area (Å²) in [5.74, 6) is -1.47. The van der Waals surface area contributed by atoms with Crippen LogP contribution in [0.15, 0.2) is 18.3 Å². The number of hydrogen-bond donors (Lipinski definition) is 1. The molecule has 0 aliphatic rings. The van der Waals surface area contributed by atoms with Crippen LogP contribution in [0.3, 0.4) is 0 Å². The highest BCUT2D eigenvalue weighted by Gasteiger charge is 2.01. The Kier molecular flexibility index (Phi) is 2.15. The Labute approximate surface area is 62.5 Å². The summed E-state index contributed by atoms with van der Waals surface area (Å²) in [7, 11) is 0. The van der Waals surface area contributed by atoms with Gasteiger partial charge in [0.15, 0.2) is 0 Å². The molecule has 58 valence electrons. The first-order chi connectivity index (χ1) is 5.18. The van der Waals surface area contributed by atoms with E-state index in [-0.39, 0.29) is 12.1 Å². The minimum Gasteiger partial charge on any atom is -0.481 e. The molecule has 0 aliphatic heterocycles. The highest BCUT2D eigenvalue weighted by atomic mass is 19.1. The van der Waals surface area contributed by atoms with Crippen molar-refractivity contribution < 1.29 is 14.3 Å². The first-order valence-corrected chi connectivity index (χ1v) is 3.00. The lowest BCUT2D eigenvalue weighted by molar-refractivity contribution is -0.136. The van der Waals surface area contributed by atoms with E-state index < -0.39 is 11.8 Å². The lowest BCUT2D eigenvalue weighted by Gasteiger charge is -1.93. The Morgan fingerprint density at radius 2 is 2.45 bits per heavy atom. The molecule has 0 unspecified atom stereocenters. The number of aromatic nitrogens is 1. The van der Waals surface area contributed by atoms with E-state index in [4.69, 9.17) is 5.11 Å². The number of hydrogen-bond acceptors (Lipinski definition) is 2. The van der Waals surface area contributed by atoms with Crippen LogP contribution >= 0.6 is 0 Å². The summed E-state index contributed by atoms with van der Waals surface area (Å²) in [5, 5.41) is 8.30. The van der Waals surface area contributed by atoms with Gasteiger partial charge >= 0.3 is 5.97 Å². The molecule has 0 spiro atoms. The van der Waals surface area contributed by atoms with Crippen molar-refractivity contribution in [3.63, 3.8) is 0 Å². The lowest BCUT2D eigenvalue weighted by Crippen LogP contribution is -2.02. The molecule has 1 aromatic rings. The first kappa shape index (κ1) is 7.65. The molecule has 0 aromatic carbocycles. The van der Waals surface area contributed by atoms with Crippen LogP contribution in [-0.4, -0.2) is 16.1 Å². The van der Waals surface area contributed by atoms with Gasteiger partial charge in [-0.25, -0.2) is 4.39 Å². The van der Waals surface area contributed by atoms with Gasteiger partial charge in [-0.1, -0.05) is 0 Å². The van der Waals surface area contributed by atoms with Crippen LogP contribution in [0.4, 0.5) is 4.39 Å². The molecule has 0 bridgehead atoms. The summed E-state index contributed by atoms with van der Waals surface area (Å²) in [6.07, 6.45) is 1.01. The van der Waals surface area contributed by atoms with Gasteiger partial charge in [-0.3, -0.25) is 9.78 Å². The maximum absolute atomic E-state index is 12.4. The van der Waals surface area contributed by atoms with E-state index >= 15 is 0 Å². The normalized spacial score (nSPS) is 9.55. The SMILES string of the molecule is O=C(O)Cc1cc(F)ccn1. The highest BCUT2D eigenvalue weighted by molar-refractivity contribution is 5.69. The van der Waals surface area contributed by atoms with Gasteiger partial charge in [-0.2, -0.15) is 0 Å². The summed E-state index contributed by atoms with van der Waals surface area (Å²) in [4.78, 5) is 13.8. The Morgan fingerprint density at radius 3 is 3.00 bits per heavy atom. The number of carboxylic acids is 1. The summed E-state index contributed by atoms with van der Waals surface area (Å²) >= 11 is 0. The van der Waals surface area contributed by atoms with E-state index in [0.29, 0.717) is 0 Å². The molecular weight excluding hydrogens is 149 g/mol. The quantitative estimate of drug-likeness (QED) is 0.688. The zero-order valence-electron chi connectivity index (χ0n) is 5.62. The second-order valence-corrected chi connectivity index (χ2v) is 2.04. The van der Waals surface area contributed by atoms with Gasteiger partial charge in [-0.05, 0) is 12.1 Å². The van der Waals surface area contributed by atoms with Crippen LogP contribution in [-0.2, 0) is 11.2 Å². The third-order valence-electron chi connectivity index (χ3n) is 1.11. The third kappa shape index (κ3) is 2.33. The Balaban J connectivity index is 2.79. The average Bonchev–Trinajstić information content (AvgIpc) is 1.85. The number of carboxylic acid groups (broad SMARTS) is 1. The predicted octanol–water partition coefficient (Wildman–Crippen LogP) is 0.848. The molecule has 0 saturated carbocycles. The van der Waals surface area contributed by atoms with E-state index in [0.717, 1.165) is 6.07 Å². The molecule has 1 heterocycles. The van der Waals surface area contributed by atoms with Crippen molar-refractivity contribution in [3.05, 3.63) is 29.8 Å². The Bertz CT molecular complexity index is 275. The zero-order valence-corrected chi connectivity index (χ0v) is 5.62. The van der Waals surface area contributed by atoms with Crippen LogP contribution in [0.25, 0.3) is 0 Å². The van der Waals surface area contributed by atoms with Gasteiger partial charge in [-0.15, -0.1) is 0 Å². The summed E-state index contributed by atoms with van der Waals surface area (Å²) in [6.45, 7) is 0. The van der Waals surface area contributed by atoms with Crippen molar-refractivity contribution in [2.45, 2.75) is 6.42 Å². The summed E-state index contributed by atoms with van der Waals surface area (Å²) in [6, 6.07) is 2.28. The Morgan fingerprint density at radius 1 is 1.73 bits per heavy atom. The molecule has 0 amide bonds. The van der Waals surface area contributed by atoms with Crippen LogP contribution in [0, 0.1) is 5.82 Å². The maximum Gasteiger partial charge on any atom is 0.309 e. The van der Waals surface area contributed by atoms with Crippen molar-refractivity contribution in [1.82, 2.24) is 4.98 Å². The third-order valence-corrected chi connectivity index (χ3v) is 1.11. The number of carbonyl (C=O) groups is 1. The average molecular weight is 155 g/mol. The minimum atomic E-state index is -1.01. The molecule has 0 aliphatic carbocycles. The van der Waals surface area contributed by atoms with Gasteiger partial charge in [0.1, 0.15) is 5.82 Å². The maximum atomic E-state index is 12.4. The molecule has 0 atom stereocenters. The van der Waals surface area contributed by atoms with Crippen LogP contribution in [0.5, 0.6) is 0 Å². The summed E-state index contributed by atoms with van der Waals surface area (Å²) < 4.78 is 12.4. The van der Waals surface area contributed by atoms with Crippen molar-refractivity contribution >= 4 is 5.97 Å². The first-order valence-electron chi connectivity index (χ1n) is 3.00. The minimum absolute atomic E-state index is 0.234. The standard InChI is InChI=1S/C7H6FNO2/c8-5-1-2-9-6(3-5)4-7(10)11/h1-3H,4H2,(H,10,11). The monoisotopic (exact) mass is 155 g/mol. The number of halogens is 1. The molecule has 3 nitrogen and oxygen atoms in total. The van der Waals surface area contributed by atoms with Gasteiger partial charge in [0.25, 0.3) is 0 Å². The predicted molar refractivity (Wildman–Crippen MR) is 35.5 cm³/mol. The van der Waals surface area contributed by atoms with E-state index in [1.807, 2.05) is 0 Å². The molecule has 1 rings (SSSR count). The second-order valence-electron chi connectivity index (χ2n) is 2.04. The van der Waals surface area contributed by atoms with Crippen LogP contribution < -0.4 is 0 Å². The number of aliphatic carboxylic acids is 1. The fourth-order valence-corrected chi connectivity index (χ4v) is 0.700. The number of rotatable bonds is 2. The molecular formula is C7H6FNO2. The molecule has 1 N–H and O–H groups in total. The van der Waals surface area contributed by atoms with E-state index in [9.17, 15) is 9.18 Å². The lowest BCUT2D eigenvalue weighted by atomic mass is 10.3. The van der Waals surface area contributed by atoms with E-state index in [2.05, 4.69) is 4.98 Å². The van der Waals surface area contributed by atoms with Crippen LogP contribution in [0.2, 0.25) is 0 Å². The molecule has 0 fully saturated rings. The number of nitrogens with zero attached hydrogens (tertiary/aromatic N) is 1. The largest absolute Gasteiger partial charge is 0.481 e. The van der Waals surface area contributed by atoms with Crippen molar-refractivity contribution in [2.75, 3.05) is 0 Å². The summed E-state index contributed by atoms with van der Waals surface area (Å²) in [5.41, 5.74) is 0.234. The second kappa shape index (κ2) is 3.09. The molecule has 0 saturated heterocycles. The van der Waals surface area contributed by atoms with Gasteiger partial charge in [0, 0.05) is 6.20 Å². The Hall–Kier alpha value is -1.45. The van der Waals surface area contributed by atoms with Gasteiger partial charge in [0.05, 0.1) is 12.1 Å². The zero-order chi connectivity index (χ0) is 8.27. The smallest absolute Gasteiger partial charge is 0.309 e. The van der Waals surface area contributed by atoms with E-state index in [1.165, 1.54) is 12.3 Å². The van der Waals surface area contributed by atoms with Crippen molar-refractivity contribution in [3.8, 4) is 0 Å². The number of pyridine rings is 1. The van der Waals surface area contributed by atoms with Gasteiger partial charge < -0.3 is 5.11 Å². The van der Waals surface area contributed by atoms with Crippen molar-refractivity contribution in [1.29, 1.82) is 0 Å². The van der Waals surface area contributed by atoms with Crippen molar-refractivity contribution in [2.24, 2.45) is 0 Å². The van der Waals surface area contributed by atoms with Crippen LogP contribution in [0.1, 0.15) is 5.69 Å². The molecule has 1 aromatic heterocycles. The molecule has 11 heavy (non-hydrogen) atoms. The highest BCUT2D eigenvalue weighted by Crippen LogP contribution is 1.99. The fourth-order valence-electron chi connectivity index (χ4n) is 0.700. The van der Waals surface area contributed by atoms with E-state index in [1.54, 1.807) is 0 Å².